The van der Waals surface area contributed by atoms with Crippen LogP contribution in [0.1, 0.15) is 24.8 Å². The van der Waals surface area contributed by atoms with E-state index in [9.17, 15) is 18.8 Å². The van der Waals surface area contributed by atoms with Gasteiger partial charge in [0.15, 0.2) is 0 Å². The fourth-order valence-electron chi connectivity index (χ4n) is 2.03. The lowest BCUT2D eigenvalue weighted by atomic mass is 10.2. The number of carbonyl (C=O) groups excluding carboxylic acids is 3. The van der Waals surface area contributed by atoms with Crippen LogP contribution in [0.2, 0.25) is 0 Å². The van der Waals surface area contributed by atoms with Crippen LogP contribution >= 0.6 is 0 Å². The third kappa shape index (κ3) is 3.20. The molecule has 1 heterocycles. The standard InChI is InChI=1S/C14H15FN2O3/c1-9-2-3-10(15)11(8-9)16-12(18)6-7-17-13(19)4-5-14(17)20/h2-3,8H,4-7H2,1H3,(H,16,18). The highest BCUT2D eigenvalue weighted by Crippen LogP contribution is 2.16. The molecule has 1 saturated heterocycles. The van der Waals surface area contributed by atoms with E-state index in [0.717, 1.165) is 10.5 Å². The summed E-state index contributed by atoms with van der Waals surface area (Å²) in [4.78, 5) is 35.5. The maximum atomic E-state index is 13.5. The Morgan fingerprint density at radius 3 is 2.60 bits per heavy atom. The molecular weight excluding hydrogens is 263 g/mol. The van der Waals surface area contributed by atoms with Gasteiger partial charge in [-0.1, -0.05) is 6.07 Å². The predicted octanol–water partition coefficient (Wildman–Crippen LogP) is 1.61. The highest BCUT2D eigenvalue weighted by atomic mass is 19.1. The van der Waals surface area contributed by atoms with Gasteiger partial charge >= 0.3 is 0 Å². The molecule has 1 fully saturated rings. The van der Waals surface area contributed by atoms with Crippen molar-refractivity contribution in [1.29, 1.82) is 0 Å². The van der Waals surface area contributed by atoms with Crippen molar-refractivity contribution in [2.24, 2.45) is 0 Å². The molecule has 3 amide bonds. The summed E-state index contributed by atoms with van der Waals surface area (Å²) in [5.41, 5.74) is 0.931. The maximum absolute atomic E-state index is 13.5. The summed E-state index contributed by atoms with van der Waals surface area (Å²) < 4.78 is 13.5. The zero-order valence-corrected chi connectivity index (χ0v) is 11.1. The smallest absolute Gasteiger partial charge is 0.229 e. The first-order valence-electron chi connectivity index (χ1n) is 6.36. The number of halogens is 1. The minimum atomic E-state index is -0.516. The topological polar surface area (TPSA) is 66.5 Å². The Kier molecular flexibility index (Phi) is 4.12. The second-order valence-electron chi connectivity index (χ2n) is 4.72. The van der Waals surface area contributed by atoms with Crippen molar-refractivity contribution in [2.75, 3.05) is 11.9 Å². The van der Waals surface area contributed by atoms with Gasteiger partial charge in [0.2, 0.25) is 17.7 Å². The summed E-state index contributed by atoms with van der Waals surface area (Å²) in [5, 5.41) is 2.44. The number of carbonyl (C=O) groups is 3. The van der Waals surface area contributed by atoms with E-state index >= 15 is 0 Å². The molecule has 5 nitrogen and oxygen atoms in total. The van der Waals surface area contributed by atoms with Crippen molar-refractivity contribution in [1.82, 2.24) is 4.90 Å². The molecule has 0 bridgehead atoms. The lowest BCUT2D eigenvalue weighted by Gasteiger charge is -2.13. The molecule has 6 heteroatoms. The van der Waals surface area contributed by atoms with Gasteiger partial charge in [-0.25, -0.2) is 4.39 Å². The van der Waals surface area contributed by atoms with Crippen molar-refractivity contribution in [2.45, 2.75) is 26.2 Å². The normalized spacial score (nSPS) is 14.8. The van der Waals surface area contributed by atoms with Crippen molar-refractivity contribution in [3.63, 3.8) is 0 Å². The van der Waals surface area contributed by atoms with Crippen molar-refractivity contribution < 1.29 is 18.8 Å². The Bertz CT molecular complexity index is 556. The van der Waals surface area contributed by atoms with E-state index in [1.165, 1.54) is 12.1 Å². The number of rotatable bonds is 4. The van der Waals surface area contributed by atoms with Gasteiger partial charge < -0.3 is 5.32 Å². The van der Waals surface area contributed by atoms with Gasteiger partial charge in [-0.15, -0.1) is 0 Å². The summed E-state index contributed by atoms with van der Waals surface area (Å²) in [6, 6.07) is 4.41. The lowest BCUT2D eigenvalue weighted by molar-refractivity contribution is -0.138. The molecule has 0 saturated carbocycles. The first-order valence-corrected chi connectivity index (χ1v) is 6.36. The zero-order valence-electron chi connectivity index (χ0n) is 11.1. The van der Waals surface area contributed by atoms with E-state index in [2.05, 4.69) is 5.32 Å². The van der Waals surface area contributed by atoms with Crippen LogP contribution in [0.4, 0.5) is 10.1 Å². The van der Waals surface area contributed by atoms with Crippen LogP contribution in [0.25, 0.3) is 0 Å². The van der Waals surface area contributed by atoms with Gasteiger partial charge in [-0.2, -0.15) is 0 Å². The molecule has 20 heavy (non-hydrogen) atoms. The lowest BCUT2D eigenvalue weighted by Crippen LogP contribution is -2.32. The highest BCUT2D eigenvalue weighted by Gasteiger charge is 2.28. The van der Waals surface area contributed by atoms with Gasteiger partial charge in [0.25, 0.3) is 0 Å². The molecule has 1 aliphatic heterocycles. The minimum absolute atomic E-state index is 0.0368. The van der Waals surface area contributed by atoms with E-state index in [1.54, 1.807) is 13.0 Å². The summed E-state index contributed by atoms with van der Waals surface area (Å²) in [5.74, 6) is -1.46. The first-order chi connectivity index (χ1) is 9.47. The SMILES string of the molecule is Cc1ccc(F)c(NC(=O)CCN2C(=O)CCC2=O)c1. The summed E-state index contributed by atoms with van der Waals surface area (Å²) in [7, 11) is 0. The Morgan fingerprint density at radius 1 is 1.30 bits per heavy atom. The van der Waals surface area contributed by atoms with Gasteiger partial charge in [-0.05, 0) is 24.6 Å². The molecule has 0 spiro atoms. The molecule has 2 rings (SSSR count). The van der Waals surface area contributed by atoms with Crippen LogP contribution in [0.3, 0.4) is 0 Å². The molecule has 1 aliphatic rings. The number of hydrogen-bond donors (Lipinski definition) is 1. The Labute approximate surface area is 115 Å². The number of nitrogens with zero attached hydrogens (tertiary/aromatic N) is 1. The van der Waals surface area contributed by atoms with Crippen molar-refractivity contribution >= 4 is 23.4 Å². The van der Waals surface area contributed by atoms with Crippen LogP contribution in [-0.4, -0.2) is 29.2 Å². The number of imide groups is 1. The van der Waals surface area contributed by atoms with E-state index in [-0.39, 0.29) is 43.3 Å². The number of aryl methyl sites for hydroxylation is 1. The summed E-state index contributed by atoms with van der Waals surface area (Å²) in [6.07, 6.45) is 0.366. The van der Waals surface area contributed by atoms with Gasteiger partial charge in [0.05, 0.1) is 5.69 Å². The van der Waals surface area contributed by atoms with Crippen molar-refractivity contribution in [3.8, 4) is 0 Å². The molecule has 0 unspecified atom stereocenters. The van der Waals surface area contributed by atoms with Crippen LogP contribution in [0.15, 0.2) is 18.2 Å². The van der Waals surface area contributed by atoms with Gasteiger partial charge in [-0.3, -0.25) is 19.3 Å². The van der Waals surface area contributed by atoms with Gasteiger partial charge in [0, 0.05) is 25.8 Å². The summed E-state index contributed by atoms with van der Waals surface area (Å²) >= 11 is 0. The number of hydrogen-bond acceptors (Lipinski definition) is 3. The molecule has 1 aromatic rings. The van der Waals surface area contributed by atoms with E-state index < -0.39 is 11.7 Å². The number of benzene rings is 1. The second-order valence-corrected chi connectivity index (χ2v) is 4.72. The molecular formula is C14H15FN2O3. The average Bonchev–Trinajstić information content (AvgIpc) is 2.71. The average molecular weight is 278 g/mol. The molecule has 106 valence electrons. The Hall–Kier alpha value is -2.24. The number of nitrogens with one attached hydrogen (secondary N) is 1. The van der Waals surface area contributed by atoms with Crippen molar-refractivity contribution in [3.05, 3.63) is 29.6 Å². The van der Waals surface area contributed by atoms with Crippen LogP contribution in [0, 0.1) is 12.7 Å². The molecule has 0 atom stereocenters. The fourth-order valence-corrected chi connectivity index (χ4v) is 2.03. The van der Waals surface area contributed by atoms with E-state index in [4.69, 9.17) is 0 Å². The molecule has 0 radical (unpaired) electrons. The second kappa shape index (κ2) is 5.81. The van der Waals surface area contributed by atoms with Crippen LogP contribution in [-0.2, 0) is 14.4 Å². The molecule has 0 aromatic heterocycles. The molecule has 0 aliphatic carbocycles. The van der Waals surface area contributed by atoms with Gasteiger partial charge in [0.1, 0.15) is 5.82 Å². The quantitative estimate of drug-likeness (QED) is 0.851. The molecule has 1 N–H and O–H groups in total. The Balaban J connectivity index is 1.91. The largest absolute Gasteiger partial charge is 0.324 e. The molecule has 1 aromatic carbocycles. The predicted molar refractivity (Wildman–Crippen MR) is 70.3 cm³/mol. The summed E-state index contributed by atoms with van der Waals surface area (Å²) in [6.45, 7) is 1.83. The minimum Gasteiger partial charge on any atom is -0.324 e. The monoisotopic (exact) mass is 278 g/mol. The van der Waals surface area contributed by atoms with E-state index in [0.29, 0.717) is 0 Å². The number of anilines is 1. The third-order valence-electron chi connectivity index (χ3n) is 3.11. The number of likely N-dealkylation sites (tertiary alicyclic amines) is 1. The third-order valence-corrected chi connectivity index (χ3v) is 3.11. The van der Waals surface area contributed by atoms with Crippen LogP contribution in [0.5, 0.6) is 0 Å². The first kappa shape index (κ1) is 14.2. The Morgan fingerprint density at radius 2 is 1.95 bits per heavy atom. The highest BCUT2D eigenvalue weighted by molar-refractivity contribution is 6.02. The zero-order chi connectivity index (χ0) is 14.7. The van der Waals surface area contributed by atoms with E-state index in [1.807, 2.05) is 0 Å². The maximum Gasteiger partial charge on any atom is 0.229 e. The van der Waals surface area contributed by atoms with Crippen LogP contribution < -0.4 is 5.32 Å². The number of amides is 3. The fraction of sp³-hybridized carbons (Fsp3) is 0.357.